The monoisotopic (exact) mass is 463 g/mol. The smallest absolute Gasteiger partial charge is 0.316 e. The molecule has 8 atom stereocenters. The molecule has 4 fully saturated rings. The van der Waals surface area contributed by atoms with Gasteiger partial charge in [0.1, 0.15) is 11.9 Å². The number of piperidine rings is 1. The van der Waals surface area contributed by atoms with E-state index in [2.05, 4.69) is 25.7 Å². The molecule has 3 aliphatic carbocycles. The van der Waals surface area contributed by atoms with Gasteiger partial charge in [-0.05, 0) is 62.8 Å². The number of nitrogens with one attached hydrogen (secondary N) is 1. The average molecular weight is 464 g/mol. The molecule has 3 saturated carbocycles. The zero-order chi connectivity index (χ0) is 23.1. The number of aliphatic hydroxyl groups is 1. The van der Waals surface area contributed by atoms with E-state index in [-0.39, 0.29) is 23.2 Å². The molecule has 0 spiro atoms. The third-order valence-corrected chi connectivity index (χ3v) is 10.8. The number of hydrogen-bond donors (Lipinski definition) is 2. The SMILES string of the molecule is C=C[C@]1(C)C[C@@H](OC(=O)CSC2CCCCN2)[C@]2(C)CCCC3(CCC(=O)C32)[C@@H](C)C1O. The Hall–Kier alpha value is -0.850. The van der Waals surface area contributed by atoms with Crippen LogP contribution in [-0.4, -0.2) is 46.7 Å². The molecule has 4 unspecified atom stereocenters. The van der Waals surface area contributed by atoms with Crippen LogP contribution in [0, 0.1) is 28.1 Å². The fraction of sp³-hybridized carbons (Fsp3) is 0.846. The van der Waals surface area contributed by atoms with E-state index in [0.29, 0.717) is 29.8 Å². The van der Waals surface area contributed by atoms with Gasteiger partial charge in [-0.25, -0.2) is 0 Å². The van der Waals surface area contributed by atoms with Gasteiger partial charge in [-0.3, -0.25) is 9.59 Å². The second-order valence-electron chi connectivity index (χ2n) is 11.4. The molecule has 5 nitrogen and oxygen atoms in total. The van der Waals surface area contributed by atoms with E-state index in [1.54, 1.807) is 11.8 Å². The van der Waals surface area contributed by atoms with Gasteiger partial charge in [-0.2, -0.15) is 0 Å². The average Bonchev–Trinajstić information content (AvgIpc) is 3.15. The van der Waals surface area contributed by atoms with Gasteiger partial charge in [0.15, 0.2) is 0 Å². The van der Waals surface area contributed by atoms with Crippen LogP contribution < -0.4 is 5.32 Å². The van der Waals surface area contributed by atoms with Crippen molar-refractivity contribution in [2.24, 2.45) is 28.1 Å². The predicted molar refractivity (Wildman–Crippen MR) is 128 cm³/mol. The Kier molecular flexibility index (Phi) is 6.88. The van der Waals surface area contributed by atoms with Crippen molar-refractivity contribution in [3.05, 3.63) is 12.7 Å². The van der Waals surface area contributed by atoms with E-state index in [9.17, 15) is 14.7 Å². The lowest BCUT2D eigenvalue weighted by molar-refractivity contribution is -0.193. The summed E-state index contributed by atoms with van der Waals surface area (Å²) in [5.41, 5.74) is -1.17. The van der Waals surface area contributed by atoms with Crippen LogP contribution in [-0.2, 0) is 14.3 Å². The third-order valence-electron chi connectivity index (χ3n) is 9.58. The van der Waals surface area contributed by atoms with Crippen molar-refractivity contribution >= 4 is 23.5 Å². The zero-order valence-corrected chi connectivity index (χ0v) is 20.8. The zero-order valence-electron chi connectivity index (χ0n) is 20.0. The van der Waals surface area contributed by atoms with Crippen LogP contribution in [0.3, 0.4) is 0 Å². The van der Waals surface area contributed by atoms with Gasteiger partial charge in [0.05, 0.1) is 17.2 Å². The molecule has 2 N–H and O–H groups in total. The van der Waals surface area contributed by atoms with Crippen molar-refractivity contribution in [1.82, 2.24) is 5.32 Å². The molecule has 1 aliphatic heterocycles. The van der Waals surface area contributed by atoms with Gasteiger partial charge in [0.2, 0.25) is 0 Å². The van der Waals surface area contributed by atoms with Gasteiger partial charge in [-0.1, -0.05) is 33.3 Å². The summed E-state index contributed by atoms with van der Waals surface area (Å²) in [6, 6.07) is 0. The minimum Gasteiger partial charge on any atom is -0.461 e. The van der Waals surface area contributed by atoms with E-state index in [1.165, 1.54) is 12.8 Å². The molecule has 0 radical (unpaired) electrons. The highest BCUT2D eigenvalue weighted by atomic mass is 32.2. The van der Waals surface area contributed by atoms with Gasteiger partial charge < -0.3 is 15.2 Å². The molecule has 0 aromatic heterocycles. The van der Waals surface area contributed by atoms with E-state index in [0.717, 1.165) is 38.6 Å². The van der Waals surface area contributed by atoms with E-state index in [4.69, 9.17) is 4.74 Å². The van der Waals surface area contributed by atoms with E-state index in [1.807, 2.05) is 13.0 Å². The maximum Gasteiger partial charge on any atom is 0.316 e. The molecular formula is C26H41NO4S. The highest BCUT2D eigenvalue weighted by Crippen LogP contribution is 2.66. The number of thioether (sulfide) groups is 1. The number of ketones is 1. The molecule has 1 heterocycles. The lowest BCUT2D eigenvalue weighted by Crippen LogP contribution is -2.60. The largest absolute Gasteiger partial charge is 0.461 e. The summed E-state index contributed by atoms with van der Waals surface area (Å²) < 4.78 is 6.24. The summed E-state index contributed by atoms with van der Waals surface area (Å²) in [7, 11) is 0. The van der Waals surface area contributed by atoms with E-state index < -0.39 is 23.0 Å². The fourth-order valence-corrected chi connectivity index (χ4v) is 8.58. The highest BCUT2D eigenvalue weighted by Gasteiger charge is 2.66. The molecule has 4 rings (SSSR count). The minimum atomic E-state index is -0.613. The van der Waals surface area contributed by atoms with Crippen molar-refractivity contribution in [2.45, 2.75) is 96.1 Å². The summed E-state index contributed by atoms with van der Waals surface area (Å²) >= 11 is 1.63. The summed E-state index contributed by atoms with van der Waals surface area (Å²) in [6.07, 6.45) is 9.09. The molecule has 180 valence electrons. The first-order valence-corrected chi connectivity index (χ1v) is 13.6. The second-order valence-corrected chi connectivity index (χ2v) is 12.6. The molecule has 0 amide bonds. The number of Topliss-reactive ketones (excluding diaryl/α,β-unsaturated/α-hetero) is 1. The first-order valence-electron chi connectivity index (χ1n) is 12.6. The van der Waals surface area contributed by atoms with Crippen molar-refractivity contribution in [2.75, 3.05) is 12.3 Å². The van der Waals surface area contributed by atoms with Crippen LogP contribution in [0.2, 0.25) is 0 Å². The van der Waals surface area contributed by atoms with Crippen LogP contribution in [0.5, 0.6) is 0 Å². The van der Waals surface area contributed by atoms with Crippen molar-refractivity contribution < 1.29 is 19.4 Å². The number of aliphatic hydroxyl groups excluding tert-OH is 1. The molecule has 4 aliphatic rings. The summed E-state index contributed by atoms with van der Waals surface area (Å²) in [5.74, 6) is 0.275. The van der Waals surface area contributed by atoms with Crippen LogP contribution >= 0.6 is 11.8 Å². The second kappa shape index (κ2) is 9.07. The Balaban J connectivity index is 1.61. The van der Waals surface area contributed by atoms with Crippen molar-refractivity contribution in [3.63, 3.8) is 0 Å². The molecule has 1 saturated heterocycles. The first kappa shape index (κ1) is 24.3. The maximum atomic E-state index is 13.3. The molecule has 32 heavy (non-hydrogen) atoms. The Morgan fingerprint density at radius 1 is 1.28 bits per heavy atom. The Labute approximate surface area is 197 Å². The summed E-state index contributed by atoms with van der Waals surface area (Å²) in [4.78, 5) is 26.3. The number of esters is 1. The number of ether oxygens (including phenoxy) is 1. The Morgan fingerprint density at radius 3 is 2.75 bits per heavy atom. The van der Waals surface area contributed by atoms with Crippen LogP contribution in [0.25, 0.3) is 0 Å². The predicted octanol–water partition coefficient (Wildman–Crippen LogP) is 4.48. The molecular weight excluding hydrogens is 422 g/mol. The quantitative estimate of drug-likeness (QED) is 0.462. The fourth-order valence-electron chi connectivity index (χ4n) is 7.61. The number of hydrogen-bond acceptors (Lipinski definition) is 6. The highest BCUT2D eigenvalue weighted by molar-refractivity contribution is 8.00. The van der Waals surface area contributed by atoms with Gasteiger partial charge in [0.25, 0.3) is 0 Å². The topological polar surface area (TPSA) is 75.6 Å². The molecule has 6 heteroatoms. The van der Waals surface area contributed by atoms with Gasteiger partial charge in [-0.15, -0.1) is 18.3 Å². The first-order chi connectivity index (χ1) is 15.2. The summed E-state index contributed by atoms with van der Waals surface area (Å²) in [6.45, 7) is 11.4. The minimum absolute atomic E-state index is 0.00570. The van der Waals surface area contributed by atoms with Gasteiger partial charge in [0, 0.05) is 23.2 Å². The normalized spacial score (nSPS) is 46.6. The standard InChI is InChI=1S/C26H41NO4S/c1-5-24(3)15-19(31-21(29)16-32-20-9-6-7-14-27-20)25(4)11-8-12-26(17(2)23(24)30)13-10-18(28)22(25)26/h5,17,19-20,22-23,27,30H,1,6-16H2,2-4H3/t17-,19+,20?,22?,23?,24+,25-,26?/m0/s1. The lowest BCUT2D eigenvalue weighted by Gasteiger charge is -2.59. The van der Waals surface area contributed by atoms with E-state index >= 15 is 0 Å². The third kappa shape index (κ3) is 3.98. The van der Waals surface area contributed by atoms with Crippen LogP contribution in [0.1, 0.15) is 78.6 Å². The number of carbonyl (C=O) groups excluding carboxylic acids is 2. The molecule has 2 bridgehead atoms. The summed E-state index contributed by atoms with van der Waals surface area (Å²) in [5, 5.41) is 15.3. The lowest BCUT2D eigenvalue weighted by atomic mass is 9.46. The van der Waals surface area contributed by atoms with Crippen molar-refractivity contribution in [1.29, 1.82) is 0 Å². The van der Waals surface area contributed by atoms with Crippen LogP contribution in [0.15, 0.2) is 12.7 Å². The number of rotatable bonds is 5. The molecule has 0 aromatic rings. The van der Waals surface area contributed by atoms with Crippen LogP contribution in [0.4, 0.5) is 0 Å². The van der Waals surface area contributed by atoms with Gasteiger partial charge >= 0.3 is 5.97 Å². The Bertz CT molecular complexity index is 752. The molecule has 0 aromatic carbocycles. The van der Waals surface area contributed by atoms with Crippen molar-refractivity contribution in [3.8, 4) is 0 Å². The Morgan fingerprint density at radius 2 is 2.06 bits per heavy atom. The maximum absolute atomic E-state index is 13.3. The number of carbonyl (C=O) groups is 2.